The number of fused-ring (bicyclic) bond motifs is 1. The topological polar surface area (TPSA) is 60.9 Å². The second kappa shape index (κ2) is 4.31. The molecule has 0 unspecified atom stereocenters. The van der Waals surface area contributed by atoms with E-state index in [1.807, 2.05) is 18.2 Å². The number of H-pyrrole nitrogens is 1. The lowest BCUT2D eigenvalue weighted by atomic mass is 10.1. The summed E-state index contributed by atoms with van der Waals surface area (Å²) in [6.45, 7) is 0.691. The first-order valence-corrected chi connectivity index (χ1v) is 5.82. The Bertz CT molecular complexity index is 495. The molecule has 1 aliphatic rings. The Morgan fingerprint density at radius 3 is 3.06 bits per heavy atom. The van der Waals surface area contributed by atoms with Crippen molar-refractivity contribution in [2.75, 3.05) is 0 Å². The minimum atomic E-state index is -0.338. The maximum Gasteiger partial charge on any atom is 0.0775 e. The lowest BCUT2D eigenvalue weighted by molar-refractivity contribution is 0.140. The van der Waals surface area contributed by atoms with E-state index in [4.69, 9.17) is 0 Å². The molecule has 3 N–H and O–H groups in total. The van der Waals surface area contributed by atoms with Crippen molar-refractivity contribution in [3.8, 4) is 0 Å². The molecule has 4 heteroatoms. The molecule has 0 bridgehead atoms. The van der Waals surface area contributed by atoms with Crippen LogP contribution in [-0.2, 0) is 13.0 Å². The number of benzene rings is 1. The predicted octanol–water partition coefficient (Wildman–Crippen LogP) is 1.16. The van der Waals surface area contributed by atoms with Crippen LogP contribution < -0.4 is 5.32 Å². The zero-order valence-electron chi connectivity index (χ0n) is 9.43. The van der Waals surface area contributed by atoms with Gasteiger partial charge in [0.25, 0.3) is 0 Å². The molecule has 4 nitrogen and oxygen atoms in total. The number of hydrogen-bond donors (Lipinski definition) is 3. The van der Waals surface area contributed by atoms with Crippen LogP contribution in [0.3, 0.4) is 0 Å². The van der Waals surface area contributed by atoms with Crippen LogP contribution in [0, 0.1) is 0 Å². The first kappa shape index (κ1) is 10.5. The quantitative estimate of drug-likeness (QED) is 0.740. The smallest absolute Gasteiger partial charge is 0.0775 e. The highest BCUT2D eigenvalue weighted by atomic mass is 16.3. The van der Waals surface area contributed by atoms with E-state index in [-0.39, 0.29) is 12.1 Å². The average molecular weight is 229 g/mol. The van der Waals surface area contributed by atoms with E-state index >= 15 is 0 Å². The molecule has 0 amide bonds. The number of aliphatic hydroxyl groups excluding tert-OH is 1. The van der Waals surface area contributed by atoms with Gasteiger partial charge in [0.15, 0.2) is 0 Å². The second-order valence-corrected chi connectivity index (χ2v) is 4.41. The Kier molecular flexibility index (Phi) is 2.66. The molecule has 0 aliphatic heterocycles. The predicted molar refractivity (Wildman–Crippen MR) is 64.3 cm³/mol. The molecule has 1 heterocycles. The fraction of sp³-hybridized carbons (Fsp3) is 0.308. The highest BCUT2D eigenvalue weighted by molar-refractivity contribution is 5.36. The Morgan fingerprint density at radius 2 is 2.24 bits per heavy atom. The SMILES string of the molecule is O[C@H]1Cc2ccccc2[C@@H]1NCc1ccn[nH]1. The van der Waals surface area contributed by atoms with E-state index in [1.54, 1.807) is 6.20 Å². The minimum Gasteiger partial charge on any atom is -0.391 e. The zero-order valence-corrected chi connectivity index (χ0v) is 9.43. The molecular formula is C13H15N3O. The number of aliphatic hydroxyl groups is 1. The lowest BCUT2D eigenvalue weighted by Crippen LogP contribution is -2.28. The van der Waals surface area contributed by atoms with Crippen molar-refractivity contribution in [3.05, 3.63) is 53.3 Å². The summed E-state index contributed by atoms with van der Waals surface area (Å²) >= 11 is 0. The third kappa shape index (κ3) is 1.97. The van der Waals surface area contributed by atoms with Gasteiger partial charge in [0, 0.05) is 24.9 Å². The molecular weight excluding hydrogens is 214 g/mol. The lowest BCUT2D eigenvalue weighted by Gasteiger charge is -2.17. The number of nitrogens with one attached hydrogen (secondary N) is 2. The van der Waals surface area contributed by atoms with Gasteiger partial charge in [-0.25, -0.2) is 0 Å². The van der Waals surface area contributed by atoms with Gasteiger partial charge in [-0.1, -0.05) is 24.3 Å². The number of hydrogen-bond acceptors (Lipinski definition) is 3. The summed E-state index contributed by atoms with van der Waals surface area (Å²) in [7, 11) is 0. The molecule has 1 aromatic carbocycles. The first-order chi connectivity index (χ1) is 8.34. The average Bonchev–Trinajstić information content (AvgIpc) is 2.93. The van der Waals surface area contributed by atoms with Crippen LogP contribution in [0.15, 0.2) is 36.5 Å². The summed E-state index contributed by atoms with van der Waals surface area (Å²) in [6, 6.07) is 10.1. The number of aromatic amines is 1. The molecule has 0 saturated carbocycles. The molecule has 1 aromatic heterocycles. The number of aromatic nitrogens is 2. The van der Waals surface area contributed by atoms with Crippen LogP contribution >= 0.6 is 0 Å². The summed E-state index contributed by atoms with van der Waals surface area (Å²) in [6.07, 6.45) is 2.13. The van der Waals surface area contributed by atoms with Crippen molar-refractivity contribution >= 4 is 0 Å². The highest BCUT2D eigenvalue weighted by Crippen LogP contribution is 2.31. The number of nitrogens with zero attached hydrogens (tertiary/aromatic N) is 1. The van der Waals surface area contributed by atoms with Gasteiger partial charge in [-0.15, -0.1) is 0 Å². The van der Waals surface area contributed by atoms with E-state index in [0.717, 1.165) is 12.1 Å². The molecule has 0 spiro atoms. The standard InChI is InChI=1S/C13H15N3O/c17-12-7-9-3-1-2-4-11(9)13(12)14-8-10-5-6-15-16-10/h1-6,12-14,17H,7-8H2,(H,15,16)/t12-,13-/m0/s1. The maximum atomic E-state index is 10.1. The van der Waals surface area contributed by atoms with Gasteiger partial charge < -0.3 is 10.4 Å². The molecule has 0 fully saturated rings. The van der Waals surface area contributed by atoms with Gasteiger partial charge in [0.1, 0.15) is 0 Å². The Morgan fingerprint density at radius 1 is 1.35 bits per heavy atom. The van der Waals surface area contributed by atoms with Crippen LogP contribution in [0.25, 0.3) is 0 Å². The Balaban J connectivity index is 1.75. The van der Waals surface area contributed by atoms with Crippen molar-refractivity contribution in [2.45, 2.75) is 25.1 Å². The third-order valence-corrected chi connectivity index (χ3v) is 3.27. The summed E-state index contributed by atoms with van der Waals surface area (Å²) in [5.74, 6) is 0. The molecule has 0 saturated heterocycles. The van der Waals surface area contributed by atoms with Crippen molar-refractivity contribution < 1.29 is 5.11 Å². The minimum absolute atomic E-state index is 0.0227. The largest absolute Gasteiger partial charge is 0.391 e. The van der Waals surface area contributed by atoms with Gasteiger partial charge in [-0.3, -0.25) is 5.10 Å². The molecule has 0 radical (unpaired) electrons. The van der Waals surface area contributed by atoms with Crippen molar-refractivity contribution in [1.82, 2.24) is 15.5 Å². The van der Waals surface area contributed by atoms with Crippen LogP contribution in [0.2, 0.25) is 0 Å². The fourth-order valence-corrected chi connectivity index (χ4v) is 2.42. The van der Waals surface area contributed by atoms with E-state index in [1.165, 1.54) is 11.1 Å². The maximum absolute atomic E-state index is 10.1. The van der Waals surface area contributed by atoms with Crippen LogP contribution in [-0.4, -0.2) is 21.4 Å². The third-order valence-electron chi connectivity index (χ3n) is 3.27. The summed E-state index contributed by atoms with van der Waals surface area (Å²) in [4.78, 5) is 0. The summed E-state index contributed by atoms with van der Waals surface area (Å²) in [5.41, 5.74) is 3.48. The molecule has 88 valence electrons. The van der Waals surface area contributed by atoms with Crippen LogP contribution in [0.5, 0.6) is 0 Å². The highest BCUT2D eigenvalue weighted by Gasteiger charge is 2.29. The van der Waals surface area contributed by atoms with E-state index in [9.17, 15) is 5.11 Å². The normalized spacial score (nSPS) is 22.6. The summed E-state index contributed by atoms with van der Waals surface area (Å²) in [5, 5.41) is 20.2. The van der Waals surface area contributed by atoms with Gasteiger partial charge in [-0.2, -0.15) is 5.10 Å². The van der Waals surface area contributed by atoms with Crippen molar-refractivity contribution in [2.24, 2.45) is 0 Å². The summed E-state index contributed by atoms with van der Waals surface area (Å²) < 4.78 is 0. The first-order valence-electron chi connectivity index (χ1n) is 5.82. The molecule has 2 aromatic rings. The molecule has 1 aliphatic carbocycles. The van der Waals surface area contributed by atoms with Crippen LogP contribution in [0.4, 0.5) is 0 Å². The Hall–Kier alpha value is -1.65. The van der Waals surface area contributed by atoms with E-state index < -0.39 is 0 Å². The second-order valence-electron chi connectivity index (χ2n) is 4.41. The van der Waals surface area contributed by atoms with Gasteiger partial charge in [-0.05, 0) is 17.2 Å². The number of rotatable bonds is 3. The monoisotopic (exact) mass is 229 g/mol. The molecule has 3 rings (SSSR count). The Labute approximate surface area is 99.7 Å². The van der Waals surface area contributed by atoms with Crippen LogP contribution in [0.1, 0.15) is 22.9 Å². The van der Waals surface area contributed by atoms with Crippen molar-refractivity contribution in [3.63, 3.8) is 0 Å². The van der Waals surface area contributed by atoms with Gasteiger partial charge >= 0.3 is 0 Å². The van der Waals surface area contributed by atoms with Gasteiger partial charge in [0.2, 0.25) is 0 Å². The molecule has 17 heavy (non-hydrogen) atoms. The zero-order chi connectivity index (χ0) is 11.7. The fourth-order valence-electron chi connectivity index (χ4n) is 2.42. The molecule has 2 atom stereocenters. The van der Waals surface area contributed by atoms with E-state index in [2.05, 4.69) is 27.6 Å². The van der Waals surface area contributed by atoms with Gasteiger partial charge in [0.05, 0.1) is 12.1 Å². The van der Waals surface area contributed by atoms with E-state index in [0.29, 0.717) is 6.54 Å². The van der Waals surface area contributed by atoms with Crippen molar-refractivity contribution in [1.29, 1.82) is 0 Å².